The van der Waals surface area contributed by atoms with Crippen LogP contribution in [0.1, 0.15) is 15.9 Å². The highest BCUT2D eigenvalue weighted by Gasteiger charge is 2.17. The van der Waals surface area contributed by atoms with Gasteiger partial charge in [-0.3, -0.25) is 0 Å². The van der Waals surface area contributed by atoms with Crippen molar-refractivity contribution < 1.29 is 13.9 Å². The van der Waals surface area contributed by atoms with Crippen LogP contribution in [0.25, 0.3) is 32.6 Å². The van der Waals surface area contributed by atoms with Gasteiger partial charge in [-0.25, -0.2) is 9.59 Å². The maximum atomic E-state index is 12.8. The number of ether oxygens (including phenoxy) is 1. The SMILES string of the molecule is Cn1cc(C(=O)OCc2cc(=O)oc3ccc4ccccc4c23)c2ccccc21. The van der Waals surface area contributed by atoms with Gasteiger partial charge < -0.3 is 13.7 Å². The van der Waals surface area contributed by atoms with E-state index >= 15 is 0 Å². The van der Waals surface area contributed by atoms with Crippen LogP contribution in [-0.4, -0.2) is 10.5 Å². The third-order valence-corrected chi connectivity index (χ3v) is 5.19. The highest BCUT2D eigenvalue weighted by Crippen LogP contribution is 2.28. The third-order valence-electron chi connectivity index (χ3n) is 5.19. The fourth-order valence-electron chi connectivity index (χ4n) is 3.86. The molecule has 0 unspecified atom stereocenters. The molecule has 0 fully saturated rings. The van der Waals surface area contributed by atoms with Gasteiger partial charge in [0, 0.05) is 41.2 Å². The van der Waals surface area contributed by atoms with E-state index in [4.69, 9.17) is 9.15 Å². The smallest absolute Gasteiger partial charge is 0.340 e. The molecule has 0 radical (unpaired) electrons. The number of para-hydroxylation sites is 1. The molecule has 142 valence electrons. The predicted molar refractivity (Wildman–Crippen MR) is 112 cm³/mol. The number of carbonyl (C=O) groups excluding carboxylic acids is 1. The second-order valence-electron chi connectivity index (χ2n) is 7.00. The van der Waals surface area contributed by atoms with Crippen LogP contribution >= 0.6 is 0 Å². The highest BCUT2D eigenvalue weighted by molar-refractivity contribution is 6.07. The summed E-state index contributed by atoms with van der Waals surface area (Å²) in [6.45, 7) is -0.0157. The van der Waals surface area contributed by atoms with Crippen LogP contribution in [0.4, 0.5) is 0 Å². The summed E-state index contributed by atoms with van der Waals surface area (Å²) in [4.78, 5) is 24.8. The molecule has 2 heterocycles. The molecule has 2 aromatic heterocycles. The molecule has 0 amide bonds. The number of rotatable bonds is 3. The molecule has 3 aromatic carbocycles. The fourth-order valence-corrected chi connectivity index (χ4v) is 3.86. The fraction of sp³-hybridized carbons (Fsp3) is 0.0833. The van der Waals surface area contributed by atoms with E-state index < -0.39 is 11.6 Å². The summed E-state index contributed by atoms with van der Waals surface area (Å²) in [5.41, 5.74) is 2.09. The minimum absolute atomic E-state index is 0.0157. The maximum Gasteiger partial charge on any atom is 0.340 e. The number of hydrogen-bond donors (Lipinski definition) is 0. The molecule has 0 N–H and O–H groups in total. The molecular weight excluding hydrogens is 366 g/mol. The molecule has 5 nitrogen and oxygen atoms in total. The Labute approximate surface area is 165 Å². The lowest BCUT2D eigenvalue weighted by atomic mass is 10.0. The van der Waals surface area contributed by atoms with E-state index in [1.54, 1.807) is 12.3 Å². The summed E-state index contributed by atoms with van der Waals surface area (Å²) in [6, 6.07) is 20.6. The first-order chi connectivity index (χ1) is 14.1. The normalized spacial score (nSPS) is 11.3. The van der Waals surface area contributed by atoms with E-state index in [9.17, 15) is 9.59 Å². The monoisotopic (exact) mass is 383 g/mol. The number of aryl methyl sites for hydroxylation is 1. The molecule has 0 aliphatic heterocycles. The van der Waals surface area contributed by atoms with E-state index in [-0.39, 0.29) is 6.61 Å². The summed E-state index contributed by atoms with van der Waals surface area (Å²) < 4.78 is 12.9. The number of aromatic nitrogens is 1. The maximum absolute atomic E-state index is 12.8. The van der Waals surface area contributed by atoms with E-state index in [1.165, 1.54) is 6.07 Å². The average molecular weight is 383 g/mol. The van der Waals surface area contributed by atoms with Crippen molar-refractivity contribution in [3.8, 4) is 0 Å². The van der Waals surface area contributed by atoms with Gasteiger partial charge in [0.05, 0.1) is 5.56 Å². The number of fused-ring (bicyclic) bond motifs is 4. The molecule has 0 bridgehead atoms. The molecule has 5 heteroatoms. The van der Waals surface area contributed by atoms with Gasteiger partial charge in [-0.15, -0.1) is 0 Å². The first-order valence-electron chi connectivity index (χ1n) is 9.27. The second kappa shape index (κ2) is 6.63. The first-order valence-corrected chi connectivity index (χ1v) is 9.27. The summed E-state index contributed by atoms with van der Waals surface area (Å²) in [6.07, 6.45) is 1.76. The van der Waals surface area contributed by atoms with Gasteiger partial charge in [-0.2, -0.15) is 0 Å². The second-order valence-corrected chi connectivity index (χ2v) is 7.00. The largest absolute Gasteiger partial charge is 0.457 e. The lowest BCUT2D eigenvalue weighted by Crippen LogP contribution is -2.08. The summed E-state index contributed by atoms with van der Waals surface area (Å²) >= 11 is 0. The van der Waals surface area contributed by atoms with Crippen LogP contribution in [0.15, 0.2) is 82.1 Å². The number of carbonyl (C=O) groups is 1. The van der Waals surface area contributed by atoms with Gasteiger partial charge in [-0.1, -0.05) is 48.5 Å². The van der Waals surface area contributed by atoms with Crippen molar-refractivity contribution >= 4 is 38.6 Å². The molecule has 0 aliphatic carbocycles. The van der Waals surface area contributed by atoms with Crippen molar-refractivity contribution in [2.45, 2.75) is 6.61 Å². The third kappa shape index (κ3) is 2.88. The Morgan fingerprint density at radius 2 is 1.76 bits per heavy atom. The zero-order valence-electron chi connectivity index (χ0n) is 15.7. The van der Waals surface area contributed by atoms with Crippen molar-refractivity contribution in [2.24, 2.45) is 7.05 Å². The van der Waals surface area contributed by atoms with Crippen LogP contribution in [0.2, 0.25) is 0 Å². The zero-order chi connectivity index (χ0) is 20.0. The molecular formula is C24H17NO4. The minimum Gasteiger partial charge on any atom is -0.457 e. The Morgan fingerprint density at radius 3 is 2.62 bits per heavy atom. The Kier molecular flexibility index (Phi) is 3.95. The first kappa shape index (κ1) is 17.3. The van der Waals surface area contributed by atoms with Gasteiger partial charge in [0.2, 0.25) is 0 Å². The van der Waals surface area contributed by atoms with Crippen molar-refractivity contribution in [3.05, 3.63) is 94.5 Å². The van der Waals surface area contributed by atoms with Crippen LogP contribution in [-0.2, 0) is 18.4 Å². The Balaban J connectivity index is 1.56. The van der Waals surface area contributed by atoms with Crippen LogP contribution in [0.3, 0.4) is 0 Å². The quantitative estimate of drug-likeness (QED) is 0.255. The number of benzene rings is 3. The summed E-state index contributed by atoms with van der Waals surface area (Å²) in [5.74, 6) is -0.427. The van der Waals surface area contributed by atoms with E-state index in [0.717, 1.165) is 27.1 Å². The number of nitrogens with zero attached hydrogens (tertiary/aromatic N) is 1. The van der Waals surface area contributed by atoms with Gasteiger partial charge in [0.1, 0.15) is 12.2 Å². The predicted octanol–water partition coefficient (Wildman–Crippen LogP) is 4.79. The van der Waals surface area contributed by atoms with Gasteiger partial charge >= 0.3 is 11.6 Å². The highest BCUT2D eigenvalue weighted by atomic mass is 16.5. The lowest BCUT2D eigenvalue weighted by molar-refractivity contribution is 0.0476. The van der Waals surface area contributed by atoms with Crippen LogP contribution in [0.5, 0.6) is 0 Å². The van der Waals surface area contributed by atoms with Crippen LogP contribution < -0.4 is 5.63 Å². The Hall–Kier alpha value is -3.86. The topological polar surface area (TPSA) is 61.4 Å². The Bertz CT molecular complexity index is 1460. The van der Waals surface area contributed by atoms with Gasteiger partial charge in [0.15, 0.2) is 0 Å². The average Bonchev–Trinajstić information content (AvgIpc) is 3.08. The van der Waals surface area contributed by atoms with Crippen molar-refractivity contribution in [1.29, 1.82) is 0 Å². The number of hydrogen-bond acceptors (Lipinski definition) is 4. The van der Waals surface area contributed by atoms with Gasteiger partial charge in [-0.05, 0) is 22.9 Å². The Morgan fingerprint density at radius 1 is 1.00 bits per heavy atom. The van der Waals surface area contributed by atoms with Crippen molar-refractivity contribution in [2.75, 3.05) is 0 Å². The number of esters is 1. The van der Waals surface area contributed by atoms with Crippen molar-refractivity contribution in [3.63, 3.8) is 0 Å². The molecule has 5 rings (SSSR count). The van der Waals surface area contributed by atoms with E-state index in [2.05, 4.69) is 0 Å². The molecule has 0 atom stereocenters. The van der Waals surface area contributed by atoms with Crippen molar-refractivity contribution in [1.82, 2.24) is 4.57 Å². The van der Waals surface area contributed by atoms with E-state index in [0.29, 0.717) is 16.7 Å². The standard InChI is InChI=1S/C24H17NO4/c1-25-13-19(18-8-4-5-9-20(18)25)24(27)28-14-16-12-22(26)29-21-11-10-15-6-2-3-7-17(15)23(16)21/h2-13H,14H2,1H3. The van der Waals surface area contributed by atoms with Crippen LogP contribution in [0, 0.1) is 0 Å². The summed E-state index contributed by atoms with van der Waals surface area (Å²) in [5, 5.41) is 3.59. The molecule has 29 heavy (non-hydrogen) atoms. The van der Waals surface area contributed by atoms with Gasteiger partial charge in [0.25, 0.3) is 0 Å². The lowest BCUT2D eigenvalue weighted by Gasteiger charge is -2.09. The minimum atomic E-state index is -0.469. The van der Waals surface area contributed by atoms with E-state index in [1.807, 2.05) is 66.2 Å². The molecule has 5 aromatic rings. The zero-order valence-corrected chi connectivity index (χ0v) is 15.7. The molecule has 0 aliphatic rings. The molecule has 0 saturated carbocycles. The molecule has 0 spiro atoms. The molecule has 0 saturated heterocycles. The summed E-state index contributed by atoms with van der Waals surface area (Å²) in [7, 11) is 1.89.